The molecule has 0 saturated carbocycles. The number of aryl methyl sites for hydroxylation is 1. The van der Waals surface area contributed by atoms with Crippen molar-refractivity contribution < 1.29 is 9.18 Å². The lowest BCUT2D eigenvalue weighted by Crippen LogP contribution is -2.24. The van der Waals surface area contributed by atoms with Crippen LogP contribution in [0.15, 0.2) is 65.8 Å². The zero-order valence-corrected chi connectivity index (χ0v) is 14.5. The second-order valence-electron chi connectivity index (χ2n) is 5.80. The van der Waals surface area contributed by atoms with E-state index in [4.69, 9.17) is 0 Å². The Morgan fingerprint density at radius 1 is 1.08 bits per heavy atom. The molecule has 0 fully saturated rings. The van der Waals surface area contributed by atoms with Gasteiger partial charge in [-0.15, -0.1) is 0 Å². The highest BCUT2D eigenvalue weighted by atomic mass is 19.1. The third-order valence-corrected chi connectivity index (χ3v) is 3.97. The van der Waals surface area contributed by atoms with Gasteiger partial charge in [-0.2, -0.15) is 5.10 Å². The van der Waals surface area contributed by atoms with E-state index in [2.05, 4.69) is 15.8 Å². The minimum Gasteiger partial charge on any atom is -0.315 e. The van der Waals surface area contributed by atoms with E-state index in [1.54, 1.807) is 36.5 Å². The number of nitrogens with one attached hydrogen (secondary N) is 2. The van der Waals surface area contributed by atoms with Crippen molar-refractivity contribution in [1.29, 1.82) is 0 Å². The molecule has 0 spiro atoms. The summed E-state index contributed by atoms with van der Waals surface area (Å²) < 4.78 is 15.9. The molecule has 3 rings (SSSR count). The first-order valence-electron chi connectivity index (χ1n) is 8.15. The largest absolute Gasteiger partial charge is 0.339 e. The molecule has 26 heavy (non-hydrogen) atoms. The van der Waals surface area contributed by atoms with Crippen LogP contribution in [0, 0.1) is 19.7 Å². The van der Waals surface area contributed by atoms with Gasteiger partial charge in [0, 0.05) is 22.6 Å². The van der Waals surface area contributed by atoms with Crippen LogP contribution in [-0.4, -0.2) is 16.8 Å². The van der Waals surface area contributed by atoms with Gasteiger partial charge in [-0.05, 0) is 44.2 Å². The van der Waals surface area contributed by atoms with E-state index >= 15 is 0 Å². The quantitative estimate of drug-likeness (QED) is 0.532. The van der Waals surface area contributed by atoms with Gasteiger partial charge in [0.1, 0.15) is 5.82 Å². The van der Waals surface area contributed by atoms with Gasteiger partial charge in [0.2, 0.25) is 0 Å². The first-order chi connectivity index (χ1) is 12.6. The maximum absolute atomic E-state index is 14.1. The minimum atomic E-state index is -0.435. The lowest BCUT2D eigenvalue weighted by Gasteiger charge is -2.10. The third kappa shape index (κ3) is 3.80. The van der Waals surface area contributed by atoms with Gasteiger partial charge in [0.15, 0.2) is 0 Å². The van der Waals surface area contributed by atoms with E-state index in [0.29, 0.717) is 11.4 Å². The number of halogens is 1. The summed E-state index contributed by atoms with van der Waals surface area (Å²) >= 11 is 0. The zero-order valence-electron chi connectivity index (χ0n) is 14.5. The number of urea groups is 1. The van der Waals surface area contributed by atoms with Gasteiger partial charge in [0.25, 0.3) is 0 Å². The van der Waals surface area contributed by atoms with E-state index < -0.39 is 6.03 Å². The molecule has 1 heterocycles. The number of carbonyl (C=O) groups is 1. The number of hydrogen-bond donors (Lipinski definition) is 2. The highest BCUT2D eigenvalue weighted by Gasteiger charge is 2.12. The fourth-order valence-corrected chi connectivity index (χ4v) is 2.76. The molecule has 2 amide bonds. The molecular weight excluding hydrogens is 331 g/mol. The van der Waals surface area contributed by atoms with Crippen LogP contribution >= 0.6 is 0 Å². The molecule has 0 aliphatic rings. The van der Waals surface area contributed by atoms with Crippen LogP contribution in [0.25, 0.3) is 5.69 Å². The fraction of sp³-hybridized carbons (Fsp3) is 0.100. The number of nitrogens with zero attached hydrogens (tertiary/aromatic N) is 2. The fourth-order valence-electron chi connectivity index (χ4n) is 2.76. The predicted octanol–water partition coefficient (Wildman–Crippen LogP) is 4.39. The maximum atomic E-state index is 14.1. The molecule has 5 nitrogen and oxygen atoms in total. The smallest absolute Gasteiger partial charge is 0.315 e. The molecule has 6 heteroatoms. The standard InChI is InChI=1S/C20H19FN4O/c1-14-12-16(15(2)25(14)19-11-7-6-10-18(19)21)13-22-24-20(26)23-17-8-4-3-5-9-17/h3-13H,1-2H3,(H2,23,24,26)/b22-13-. The van der Waals surface area contributed by atoms with Crippen molar-refractivity contribution >= 4 is 17.9 Å². The van der Waals surface area contributed by atoms with Crippen LogP contribution in [0.3, 0.4) is 0 Å². The second kappa shape index (κ2) is 7.65. The second-order valence-corrected chi connectivity index (χ2v) is 5.80. The zero-order chi connectivity index (χ0) is 18.5. The molecule has 0 unspecified atom stereocenters. The SMILES string of the molecule is Cc1cc(/C=N\NC(=O)Nc2ccccc2)c(C)n1-c1ccccc1F. The maximum Gasteiger partial charge on any atom is 0.339 e. The Bertz CT molecular complexity index is 948. The molecule has 2 aromatic carbocycles. The first-order valence-corrected chi connectivity index (χ1v) is 8.15. The van der Waals surface area contributed by atoms with Crippen molar-refractivity contribution in [3.63, 3.8) is 0 Å². The summed E-state index contributed by atoms with van der Waals surface area (Å²) in [5.74, 6) is -0.293. The van der Waals surface area contributed by atoms with E-state index in [-0.39, 0.29) is 5.82 Å². The summed E-state index contributed by atoms with van der Waals surface area (Å²) in [6, 6.07) is 17.2. The van der Waals surface area contributed by atoms with Crippen molar-refractivity contribution in [2.45, 2.75) is 13.8 Å². The summed E-state index contributed by atoms with van der Waals surface area (Å²) in [6.45, 7) is 3.77. The van der Waals surface area contributed by atoms with Crippen LogP contribution in [0.5, 0.6) is 0 Å². The monoisotopic (exact) mass is 350 g/mol. The number of hydrazone groups is 1. The predicted molar refractivity (Wildman–Crippen MR) is 101 cm³/mol. The van der Waals surface area contributed by atoms with Gasteiger partial charge in [-0.25, -0.2) is 14.6 Å². The average Bonchev–Trinajstić information content (AvgIpc) is 2.90. The minimum absolute atomic E-state index is 0.293. The summed E-state index contributed by atoms with van der Waals surface area (Å²) in [4.78, 5) is 11.8. The van der Waals surface area contributed by atoms with Crippen LogP contribution in [0.1, 0.15) is 17.0 Å². The molecule has 2 N–H and O–H groups in total. The Labute approximate surface area is 151 Å². The summed E-state index contributed by atoms with van der Waals surface area (Å²) in [7, 11) is 0. The molecule has 1 aromatic heterocycles. The van der Waals surface area contributed by atoms with E-state index in [1.165, 1.54) is 6.07 Å². The molecule has 0 atom stereocenters. The van der Waals surface area contributed by atoms with Gasteiger partial charge in [0.05, 0.1) is 11.9 Å². The average molecular weight is 350 g/mol. The number of anilines is 1. The Hall–Kier alpha value is -3.41. The van der Waals surface area contributed by atoms with Crippen molar-refractivity contribution in [2.24, 2.45) is 5.10 Å². The number of para-hydroxylation sites is 2. The number of carbonyl (C=O) groups excluding carboxylic acids is 1. The number of amides is 2. The number of hydrogen-bond acceptors (Lipinski definition) is 2. The van der Waals surface area contributed by atoms with Crippen molar-refractivity contribution in [1.82, 2.24) is 9.99 Å². The van der Waals surface area contributed by atoms with Crippen LogP contribution in [0.2, 0.25) is 0 Å². The van der Waals surface area contributed by atoms with E-state index in [1.807, 2.05) is 42.7 Å². The summed E-state index contributed by atoms with van der Waals surface area (Å²) in [6.07, 6.45) is 1.55. The molecule has 3 aromatic rings. The topological polar surface area (TPSA) is 58.4 Å². The molecule has 0 saturated heterocycles. The van der Waals surface area contributed by atoms with Gasteiger partial charge in [-0.1, -0.05) is 30.3 Å². The molecule has 0 radical (unpaired) electrons. The molecule has 132 valence electrons. The normalized spacial score (nSPS) is 10.9. The Kier molecular flexibility index (Phi) is 5.12. The van der Waals surface area contributed by atoms with Gasteiger partial charge < -0.3 is 9.88 Å². The van der Waals surface area contributed by atoms with E-state index in [9.17, 15) is 9.18 Å². The lowest BCUT2D eigenvalue weighted by molar-refractivity contribution is 0.252. The summed E-state index contributed by atoms with van der Waals surface area (Å²) in [5, 5.41) is 6.65. The van der Waals surface area contributed by atoms with Gasteiger partial charge in [-0.3, -0.25) is 0 Å². The Balaban J connectivity index is 1.73. The molecular formula is C20H19FN4O. The highest BCUT2D eigenvalue weighted by Crippen LogP contribution is 2.21. The molecule has 0 bridgehead atoms. The lowest BCUT2D eigenvalue weighted by atomic mass is 10.2. The highest BCUT2D eigenvalue weighted by molar-refractivity contribution is 5.90. The Morgan fingerprint density at radius 2 is 1.77 bits per heavy atom. The number of aromatic nitrogens is 1. The van der Waals surface area contributed by atoms with Crippen LogP contribution < -0.4 is 10.7 Å². The van der Waals surface area contributed by atoms with Gasteiger partial charge >= 0.3 is 6.03 Å². The molecule has 0 aliphatic heterocycles. The third-order valence-electron chi connectivity index (χ3n) is 3.97. The van der Waals surface area contributed by atoms with E-state index in [0.717, 1.165) is 17.0 Å². The van der Waals surface area contributed by atoms with Crippen LogP contribution in [0.4, 0.5) is 14.9 Å². The van der Waals surface area contributed by atoms with Crippen molar-refractivity contribution in [3.05, 3.63) is 83.4 Å². The van der Waals surface area contributed by atoms with Crippen molar-refractivity contribution in [3.8, 4) is 5.69 Å². The van der Waals surface area contributed by atoms with Crippen LogP contribution in [-0.2, 0) is 0 Å². The first kappa shape index (κ1) is 17.4. The summed E-state index contributed by atoms with van der Waals surface area (Å²) in [5.41, 5.74) is 6.09. The van der Waals surface area contributed by atoms with Crippen molar-refractivity contribution in [2.75, 3.05) is 5.32 Å². The molecule has 0 aliphatic carbocycles. The number of benzene rings is 2. The Morgan fingerprint density at radius 3 is 2.50 bits per heavy atom. The number of rotatable bonds is 4.